The van der Waals surface area contributed by atoms with Crippen molar-refractivity contribution in [2.24, 2.45) is 0 Å². The first kappa shape index (κ1) is 26.0. The number of benzene rings is 4. The van der Waals surface area contributed by atoms with E-state index in [1.807, 2.05) is 24.3 Å². The number of hydrogen-bond acceptors (Lipinski definition) is 7. The fourth-order valence-electron chi connectivity index (χ4n) is 4.78. The number of aromatic nitrogens is 2. The second-order valence-corrected chi connectivity index (χ2v) is 11.3. The zero-order chi connectivity index (χ0) is 27.5. The number of nitrogens with one attached hydrogen (secondary N) is 2. The van der Waals surface area contributed by atoms with E-state index in [9.17, 15) is 5.11 Å². The third-order valence-electron chi connectivity index (χ3n) is 7.10. The average Bonchev–Trinajstić information content (AvgIpc) is 3.67. The van der Waals surface area contributed by atoms with E-state index in [-0.39, 0.29) is 5.75 Å². The van der Waals surface area contributed by atoms with Crippen molar-refractivity contribution >= 4 is 43.7 Å². The molecule has 6 aromatic rings. The van der Waals surface area contributed by atoms with E-state index in [2.05, 4.69) is 89.8 Å². The molecule has 0 spiro atoms. The van der Waals surface area contributed by atoms with Crippen LogP contribution in [0.2, 0.25) is 0 Å². The minimum absolute atomic E-state index is 0.211. The molecule has 0 fully saturated rings. The van der Waals surface area contributed by atoms with Crippen LogP contribution in [0.4, 0.5) is 10.3 Å². The summed E-state index contributed by atoms with van der Waals surface area (Å²) in [5.41, 5.74) is 7.36. The van der Waals surface area contributed by atoms with Gasteiger partial charge in [0.2, 0.25) is 0 Å². The molecule has 0 bridgehead atoms. The van der Waals surface area contributed by atoms with Crippen LogP contribution in [0.25, 0.3) is 33.3 Å². The highest BCUT2D eigenvalue weighted by atomic mass is 32.1. The molecule has 3 N–H and O–H groups in total. The van der Waals surface area contributed by atoms with Crippen LogP contribution in [0.5, 0.6) is 5.75 Å². The van der Waals surface area contributed by atoms with Crippen molar-refractivity contribution in [2.45, 2.75) is 32.9 Å². The highest BCUT2D eigenvalue weighted by molar-refractivity contribution is 7.14. The Morgan fingerprint density at radius 3 is 1.73 bits per heavy atom. The molecule has 0 aliphatic carbocycles. The number of fused-ring (bicyclic) bond motifs is 1. The van der Waals surface area contributed by atoms with Crippen molar-refractivity contribution in [2.75, 3.05) is 10.6 Å². The summed E-state index contributed by atoms with van der Waals surface area (Å²) in [6.45, 7) is 4.31. The molecule has 4 aromatic carbocycles. The van der Waals surface area contributed by atoms with Crippen molar-refractivity contribution in [3.8, 4) is 28.3 Å². The molecule has 0 unspecified atom stereocenters. The normalized spacial score (nSPS) is 11.3. The number of aryl methyl sites for hydroxylation is 2. The lowest BCUT2D eigenvalue weighted by molar-refractivity contribution is 0.467. The lowest BCUT2D eigenvalue weighted by atomic mass is 10.0. The molecule has 0 saturated carbocycles. The van der Waals surface area contributed by atoms with E-state index in [0.29, 0.717) is 0 Å². The van der Waals surface area contributed by atoms with E-state index in [0.717, 1.165) is 62.0 Å². The largest absolute Gasteiger partial charge is 0.507 e. The number of aromatic hydroxyl groups is 1. The Bertz CT molecular complexity index is 1650. The number of phenolic OH excluding ortho intramolecular Hbond substituents is 1. The summed E-state index contributed by atoms with van der Waals surface area (Å²) in [7, 11) is 0. The zero-order valence-corrected chi connectivity index (χ0v) is 24.0. The lowest BCUT2D eigenvalue weighted by Crippen LogP contribution is -2.20. The van der Waals surface area contributed by atoms with Crippen LogP contribution in [-0.4, -0.2) is 15.1 Å². The highest BCUT2D eigenvalue weighted by Crippen LogP contribution is 2.37. The Kier molecular flexibility index (Phi) is 7.49. The van der Waals surface area contributed by atoms with Gasteiger partial charge in [-0.2, -0.15) is 0 Å². The average molecular weight is 563 g/mol. The summed E-state index contributed by atoms with van der Waals surface area (Å²) in [5, 5.41) is 25.8. The molecule has 0 saturated heterocycles. The Morgan fingerprint density at radius 2 is 1.20 bits per heavy atom. The van der Waals surface area contributed by atoms with E-state index in [1.54, 1.807) is 28.7 Å². The highest BCUT2D eigenvalue weighted by Gasteiger charge is 2.21. The predicted molar refractivity (Wildman–Crippen MR) is 169 cm³/mol. The van der Waals surface area contributed by atoms with Crippen LogP contribution >= 0.6 is 22.7 Å². The zero-order valence-electron chi connectivity index (χ0n) is 22.4. The monoisotopic (exact) mass is 562 g/mol. The lowest BCUT2D eigenvalue weighted by Gasteiger charge is -2.22. The first-order chi connectivity index (χ1) is 19.6. The maximum Gasteiger partial charge on any atom is 0.185 e. The minimum atomic E-state index is -0.464. The van der Waals surface area contributed by atoms with Crippen molar-refractivity contribution < 1.29 is 5.11 Å². The van der Waals surface area contributed by atoms with E-state index in [4.69, 9.17) is 9.97 Å². The van der Waals surface area contributed by atoms with Crippen molar-refractivity contribution in [1.82, 2.24) is 9.97 Å². The van der Waals surface area contributed by atoms with Gasteiger partial charge in [0, 0.05) is 27.5 Å². The van der Waals surface area contributed by atoms with Gasteiger partial charge < -0.3 is 15.7 Å². The molecule has 40 heavy (non-hydrogen) atoms. The Morgan fingerprint density at radius 1 is 0.675 bits per heavy atom. The van der Waals surface area contributed by atoms with Crippen LogP contribution in [0, 0.1) is 0 Å². The molecule has 0 aliphatic rings. The molecule has 2 heterocycles. The molecule has 6 rings (SSSR count). The minimum Gasteiger partial charge on any atom is -0.507 e. The van der Waals surface area contributed by atoms with Crippen LogP contribution in [0.1, 0.15) is 36.7 Å². The Balaban J connectivity index is 1.34. The third-order valence-corrected chi connectivity index (χ3v) is 8.64. The summed E-state index contributed by atoms with van der Waals surface area (Å²) in [5.74, 6) is 0.211. The van der Waals surface area contributed by atoms with Gasteiger partial charge in [-0.05, 0) is 40.8 Å². The van der Waals surface area contributed by atoms with Crippen molar-refractivity contribution in [3.63, 3.8) is 0 Å². The van der Waals surface area contributed by atoms with Gasteiger partial charge >= 0.3 is 0 Å². The summed E-state index contributed by atoms with van der Waals surface area (Å²) in [6, 6.07) is 28.8. The Hall–Kier alpha value is -4.20. The number of rotatable bonds is 9. The second-order valence-electron chi connectivity index (χ2n) is 9.62. The van der Waals surface area contributed by atoms with Gasteiger partial charge in [0.1, 0.15) is 11.9 Å². The smallest absolute Gasteiger partial charge is 0.185 e. The van der Waals surface area contributed by atoms with E-state index >= 15 is 0 Å². The molecule has 2 aromatic heterocycles. The van der Waals surface area contributed by atoms with Crippen LogP contribution in [-0.2, 0) is 12.8 Å². The van der Waals surface area contributed by atoms with Gasteiger partial charge in [-0.25, -0.2) is 9.97 Å². The fourth-order valence-corrected chi connectivity index (χ4v) is 6.28. The maximum absolute atomic E-state index is 11.1. The second kappa shape index (κ2) is 11.5. The predicted octanol–water partition coefficient (Wildman–Crippen LogP) is 9.14. The van der Waals surface area contributed by atoms with Crippen molar-refractivity contribution in [1.29, 1.82) is 0 Å². The molecule has 200 valence electrons. The van der Waals surface area contributed by atoms with Gasteiger partial charge in [-0.3, -0.25) is 0 Å². The van der Waals surface area contributed by atoms with Gasteiger partial charge in [0.05, 0.1) is 11.4 Å². The van der Waals surface area contributed by atoms with Gasteiger partial charge in [0.25, 0.3) is 0 Å². The molecule has 0 atom stereocenters. The number of hydrogen-bond donors (Lipinski definition) is 3. The van der Waals surface area contributed by atoms with Crippen LogP contribution in [0.3, 0.4) is 0 Å². The number of thiazole rings is 2. The summed E-state index contributed by atoms with van der Waals surface area (Å²) in [6.07, 6.45) is 1.55. The first-order valence-electron chi connectivity index (χ1n) is 13.4. The van der Waals surface area contributed by atoms with Crippen LogP contribution < -0.4 is 10.6 Å². The number of nitrogens with zero attached hydrogens (tertiary/aromatic N) is 2. The standard InChI is InChI=1S/C33H30N4OS2/c1-3-21-9-13-24(14-10-21)27-19-39-32(34-27)36-31(30-26-8-6-5-7-23(26)17-18-29(30)38)37-33-35-28(20-40-33)25-15-11-22(4-2)12-16-25/h5-20,31,38H,3-4H2,1-2H3,(H,34,36)(H,35,37). The molecule has 0 aliphatic heterocycles. The van der Waals surface area contributed by atoms with Gasteiger partial charge in [0.15, 0.2) is 10.3 Å². The number of anilines is 2. The molecule has 0 amide bonds. The summed E-state index contributed by atoms with van der Waals surface area (Å²) in [4.78, 5) is 9.78. The van der Waals surface area contributed by atoms with Gasteiger partial charge in [-0.1, -0.05) is 92.7 Å². The van der Waals surface area contributed by atoms with E-state index < -0.39 is 6.17 Å². The van der Waals surface area contributed by atoms with Gasteiger partial charge in [-0.15, -0.1) is 22.7 Å². The van der Waals surface area contributed by atoms with Crippen LogP contribution in [0.15, 0.2) is 95.7 Å². The first-order valence-corrected chi connectivity index (χ1v) is 15.2. The molecular weight excluding hydrogens is 533 g/mol. The molecule has 5 nitrogen and oxygen atoms in total. The SMILES string of the molecule is CCc1ccc(-c2csc(NC(Nc3nc(-c4ccc(CC)cc4)cs3)c3c(O)ccc4ccccc34)n2)cc1. The summed E-state index contributed by atoms with van der Waals surface area (Å²) >= 11 is 3.09. The Labute approximate surface area is 242 Å². The third kappa shape index (κ3) is 5.43. The van der Waals surface area contributed by atoms with E-state index in [1.165, 1.54) is 11.1 Å². The molecule has 7 heteroatoms. The fraction of sp³-hybridized carbons (Fsp3) is 0.152. The molecular formula is C33H30N4OS2. The topological polar surface area (TPSA) is 70.1 Å². The quantitative estimate of drug-likeness (QED) is 0.153. The summed E-state index contributed by atoms with van der Waals surface area (Å²) < 4.78 is 0. The number of phenols is 1. The molecule has 0 radical (unpaired) electrons. The van der Waals surface area contributed by atoms with Crippen molar-refractivity contribution in [3.05, 3.63) is 112 Å². The maximum atomic E-state index is 11.1.